The summed E-state index contributed by atoms with van der Waals surface area (Å²) >= 11 is 0. The van der Waals surface area contributed by atoms with Gasteiger partial charge in [0.25, 0.3) is 0 Å². The van der Waals surface area contributed by atoms with Crippen LogP contribution in [0.5, 0.6) is 0 Å². The molecule has 0 bridgehead atoms. The first-order valence-electron chi connectivity index (χ1n) is 5.66. The fourth-order valence-corrected chi connectivity index (χ4v) is 1.93. The molecule has 0 aromatic carbocycles. The molecule has 0 aromatic heterocycles. The van der Waals surface area contributed by atoms with Crippen LogP contribution in [0.1, 0.15) is 33.6 Å². The van der Waals surface area contributed by atoms with Crippen LogP contribution in [0.25, 0.3) is 0 Å². The Morgan fingerprint density at radius 2 is 2.13 bits per heavy atom. The number of amides is 2. The highest BCUT2D eigenvalue weighted by Gasteiger charge is 2.34. The monoisotopic (exact) mass is 212 g/mol. The Labute approximate surface area is 91.0 Å². The van der Waals surface area contributed by atoms with Crippen molar-refractivity contribution in [3.8, 4) is 0 Å². The van der Waals surface area contributed by atoms with Gasteiger partial charge in [-0.1, -0.05) is 13.8 Å². The molecule has 86 valence electrons. The molecule has 0 radical (unpaired) electrons. The number of hydrogen-bond acceptors (Lipinski definition) is 2. The van der Waals surface area contributed by atoms with Gasteiger partial charge in [0.05, 0.1) is 0 Å². The van der Waals surface area contributed by atoms with E-state index < -0.39 is 0 Å². The van der Waals surface area contributed by atoms with Crippen LogP contribution in [-0.4, -0.2) is 35.8 Å². The maximum Gasteiger partial charge on any atom is 0.242 e. The zero-order chi connectivity index (χ0) is 11.4. The molecule has 1 atom stereocenters. The van der Waals surface area contributed by atoms with Crippen molar-refractivity contribution in [3.63, 3.8) is 0 Å². The van der Waals surface area contributed by atoms with Crippen LogP contribution in [0.4, 0.5) is 0 Å². The molecular weight excluding hydrogens is 192 g/mol. The average Bonchev–Trinajstić information content (AvgIpc) is 2.65. The average molecular weight is 212 g/mol. The largest absolute Gasteiger partial charge is 0.355 e. The second-order valence-electron chi connectivity index (χ2n) is 4.24. The smallest absolute Gasteiger partial charge is 0.242 e. The Kier molecular flexibility index (Phi) is 4.12. The second kappa shape index (κ2) is 5.14. The summed E-state index contributed by atoms with van der Waals surface area (Å²) in [5, 5.41) is 2.78. The van der Waals surface area contributed by atoms with Crippen molar-refractivity contribution in [2.75, 3.05) is 13.1 Å². The lowest BCUT2D eigenvalue weighted by Crippen LogP contribution is -2.47. The molecule has 1 aliphatic rings. The standard InChI is InChI=1S/C11H20N2O2/c1-4-12-10(14)9-6-5-7-13(9)11(15)8(2)3/h8-9H,4-7H2,1-3H3,(H,12,14)/t9-/m1/s1. The molecule has 1 N–H and O–H groups in total. The summed E-state index contributed by atoms with van der Waals surface area (Å²) in [7, 11) is 0. The van der Waals surface area contributed by atoms with E-state index in [2.05, 4.69) is 5.32 Å². The summed E-state index contributed by atoms with van der Waals surface area (Å²) in [6.07, 6.45) is 1.73. The summed E-state index contributed by atoms with van der Waals surface area (Å²) in [5.41, 5.74) is 0. The van der Waals surface area contributed by atoms with Crippen LogP contribution in [0.15, 0.2) is 0 Å². The third-order valence-corrected chi connectivity index (χ3v) is 2.68. The minimum Gasteiger partial charge on any atom is -0.355 e. The number of likely N-dealkylation sites (tertiary alicyclic amines) is 1. The van der Waals surface area contributed by atoms with Gasteiger partial charge in [0, 0.05) is 19.0 Å². The zero-order valence-electron chi connectivity index (χ0n) is 9.75. The van der Waals surface area contributed by atoms with Crippen LogP contribution in [-0.2, 0) is 9.59 Å². The van der Waals surface area contributed by atoms with Crippen LogP contribution in [0.3, 0.4) is 0 Å². The van der Waals surface area contributed by atoms with Crippen molar-refractivity contribution in [2.45, 2.75) is 39.7 Å². The molecule has 4 heteroatoms. The summed E-state index contributed by atoms with van der Waals surface area (Å²) in [6.45, 7) is 6.98. The van der Waals surface area contributed by atoms with Gasteiger partial charge in [-0.15, -0.1) is 0 Å². The van der Waals surface area contributed by atoms with Crippen molar-refractivity contribution >= 4 is 11.8 Å². The summed E-state index contributed by atoms with van der Waals surface area (Å²) in [6, 6.07) is -0.236. The molecule has 1 saturated heterocycles. The molecule has 1 aliphatic heterocycles. The third-order valence-electron chi connectivity index (χ3n) is 2.68. The van der Waals surface area contributed by atoms with Crippen molar-refractivity contribution in [1.29, 1.82) is 0 Å². The molecule has 15 heavy (non-hydrogen) atoms. The summed E-state index contributed by atoms with van der Waals surface area (Å²) in [5.74, 6) is 0.0489. The molecule has 0 aliphatic carbocycles. The minimum absolute atomic E-state index is 0.0102. The molecule has 0 saturated carbocycles. The van der Waals surface area contributed by atoms with Crippen molar-refractivity contribution in [3.05, 3.63) is 0 Å². The van der Waals surface area contributed by atoms with E-state index in [1.54, 1.807) is 4.90 Å². The summed E-state index contributed by atoms with van der Waals surface area (Å²) in [4.78, 5) is 25.2. The maximum atomic E-state index is 11.8. The van der Waals surface area contributed by atoms with E-state index in [9.17, 15) is 9.59 Å². The SMILES string of the molecule is CCNC(=O)[C@H]1CCCN1C(=O)C(C)C. The van der Waals surface area contributed by atoms with Crippen molar-refractivity contribution in [2.24, 2.45) is 5.92 Å². The predicted molar refractivity (Wildman–Crippen MR) is 58.3 cm³/mol. The first kappa shape index (κ1) is 12.0. The van der Waals surface area contributed by atoms with Gasteiger partial charge in [0.15, 0.2) is 0 Å². The number of carbonyl (C=O) groups is 2. The van der Waals surface area contributed by atoms with Crippen LogP contribution >= 0.6 is 0 Å². The van der Waals surface area contributed by atoms with Gasteiger partial charge in [0.1, 0.15) is 6.04 Å². The molecule has 1 rings (SSSR count). The lowest BCUT2D eigenvalue weighted by Gasteiger charge is -2.25. The highest BCUT2D eigenvalue weighted by molar-refractivity contribution is 5.88. The fourth-order valence-electron chi connectivity index (χ4n) is 1.93. The molecule has 0 spiro atoms. The molecule has 1 heterocycles. The number of carbonyl (C=O) groups excluding carboxylic acids is 2. The Bertz CT molecular complexity index is 251. The third kappa shape index (κ3) is 2.70. The van der Waals surface area contributed by atoms with Gasteiger partial charge in [-0.3, -0.25) is 9.59 Å². The lowest BCUT2D eigenvalue weighted by atomic mass is 10.1. The van der Waals surface area contributed by atoms with E-state index in [1.807, 2.05) is 20.8 Å². The van der Waals surface area contributed by atoms with E-state index in [-0.39, 0.29) is 23.8 Å². The molecule has 0 unspecified atom stereocenters. The van der Waals surface area contributed by atoms with E-state index in [0.29, 0.717) is 6.54 Å². The van der Waals surface area contributed by atoms with Gasteiger partial charge in [0.2, 0.25) is 11.8 Å². The van der Waals surface area contributed by atoms with Gasteiger partial charge >= 0.3 is 0 Å². The first-order valence-corrected chi connectivity index (χ1v) is 5.66. The van der Waals surface area contributed by atoms with Crippen LogP contribution < -0.4 is 5.32 Å². The highest BCUT2D eigenvalue weighted by Crippen LogP contribution is 2.19. The predicted octanol–water partition coefficient (Wildman–Crippen LogP) is 0.769. The number of likely N-dealkylation sites (N-methyl/N-ethyl adjacent to an activating group) is 1. The topological polar surface area (TPSA) is 49.4 Å². The quantitative estimate of drug-likeness (QED) is 0.751. The van der Waals surface area contributed by atoms with Gasteiger partial charge in [-0.25, -0.2) is 0 Å². The minimum atomic E-state index is -0.236. The van der Waals surface area contributed by atoms with Gasteiger partial charge in [-0.05, 0) is 19.8 Å². The summed E-state index contributed by atoms with van der Waals surface area (Å²) < 4.78 is 0. The van der Waals surface area contributed by atoms with Gasteiger partial charge in [-0.2, -0.15) is 0 Å². The Hall–Kier alpha value is -1.06. The van der Waals surface area contributed by atoms with E-state index >= 15 is 0 Å². The molecule has 1 fully saturated rings. The molecular formula is C11H20N2O2. The van der Waals surface area contributed by atoms with Gasteiger partial charge < -0.3 is 10.2 Å². The first-order chi connectivity index (χ1) is 7.07. The van der Waals surface area contributed by atoms with Crippen LogP contribution in [0.2, 0.25) is 0 Å². The highest BCUT2D eigenvalue weighted by atomic mass is 16.2. The number of nitrogens with one attached hydrogen (secondary N) is 1. The van der Waals surface area contributed by atoms with Crippen LogP contribution in [0, 0.1) is 5.92 Å². The molecule has 0 aromatic rings. The van der Waals surface area contributed by atoms with Crippen molar-refractivity contribution in [1.82, 2.24) is 10.2 Å². The second-order valence-corrected chi connectivity index (χ2v) is 4.24. The van der Waals surface area contributed by atoms with Crippen molar-refractivity contribution < 1.29 is 9.59 Å². The van der Waals surface area contributed by atoms with E-state index in [0.717, 1.165) is 19.4 Å². The number of nitrogens with zero attached hydrogens (tertiary/aromatic N) is 1. The lowest BCUT2D eigenvalue weighted by molar-refractivity contribution is -0.140. The molecule has 2 amide bonds. The Morgan fingerprint density at radius 3 is 2.67 bits per heavy atom. The normalized spacial score (nSPS) is 20.8. The maximum absolute atomic E-state index is 11.8. The van der Waals surface area contributed by atoms with E-state index in [1.165, 1.54) is 0 Å². The number of rotatable bonds is 3. The Balaban J connectivity index is 2.64. The zero-order valence-corrected chi connectivity index (χ0v) is 9.75. The molecule has 4 nitrogen and oxygen atoms in total. The Morgan fingerprint density at radius 1 is 1.47 bits per heavy atom. The van der Waals surface area contributed by atoms with E-state index in [4.69, 9.17) is 0 Å². The number of hydrogen-bond donors (Lipinski definition) is 1. The fraction of sp³-hybridized carbons (Fsp3) is 0.818.